The van der Waals surface area contributed by atoms with Crippen LogP contribution in [0.2, 0.25) is 0 Å². The molecule has 0 unspecified atom stereocenters. The molecule has 2 aromatic heterocycles. The molecule has 1 fully saturated rings. The predicted octanol–water partition coefficient (Wildman–Crippen LogP) is -3.07. The van der Waals surface area contributed by atoms with Crippen LogP contribution in [0.1, 0.15) is 19.1 Å². The lowest BCUT2D eigenvalue weighted by molar-refractivity contribution is -0.139. The number of ether oxygens (including phenoxy) is 1. The maximum absolute atomic E-state index is 11.0. The topological polar surface area (TPSA) is 249 Å². The summed E-state index contributed by atoms with van der Waals surface area (Å²) in [4.78, 5) is 35.9. The molecule has 1 aliphatic heterocycles. The highest BCUT2D eigenvalue weighted by Gasteiger charge is 2.45. The predicted molar refractivity (Wildman–Crippen MR) is 113 cm³/mol. The zero-order valence-electron chi connectivity index (χ0n) is 17.6. The van der Waals surface area contributed by atoms with Gasteiger partial charge in [-0.3, -0.25) is 14.2 Å². The number of aromatic nitrogens is 4. The number of carboxylic acids is 2. The van der Waals surface area contributed by atoms with Crippen LogP contribution in [-0.2, 0) is 14.3 Å². The average Bonchev–Trinajstić information content (AvgIpc) is 3.32. The summed E-state index contributed by atoms with van der Waals surface area (Å²) in [6.07, 6.45) is -1.76. The molecule has 0 bridgehead atoms. The van der Waals surface area contributed by atoms with Gasteiger partial charge in [-0.15, -0.1) is 0 Å². The number of carbonyl (C=O) groups is 2. The third-order valence-electron chi connectivity index (χ3n) is 5.58. The summed E-state index contributed by atoms with van der Waals surface area (Å²) in [5.74, 6) is -2.19. The second-order valence-electron chi connectivity index (χ2n) is 7.90. The highest BCUT2D eigenvalue weighted by Crippen LogP contribution is 2.32. The standard InChI is InChI=1S/C18H28N8O7/c19-8(17(29)30)1-3-25(4-2-9(20)18(31)32)5-10-12(27)13(28)16(33-10)26-7-24-11-14(21)22-6-23-15(11)26/h6-10,12-13,16,27-28H,1-5,19-20H2,(H,29,30)(H,31,32)(H2,21,22,23)/t8-,9-,10+,12+,13+,16+/m0/s1. The van der Waals surface area contributed by atoms with Gasteiger partial charge in [0, 0.05) is 19.6 Å². The highest BCUT2D eigenvalue weighted by atomic mass is 16.6. The van der Waals surface area contributed by atoms with Crippen LogP contribution in [0.5, 0.6) is 0 Å². The van der Waals surface area contributed by atoms with Crippen molar-refractivity contribution in [1.29, 1.82) is 0 Å². The van der Waals surface area contributed by atoms with Crippen LogP contribution in [0.25, 0.3) is 11.2 Å². The number of nitrogen functional groups attached to an aromatic ring is 1. The number of rotatable bonds is 11. The molecular weight excluding hydrogens is 440 g/mol. The smallest absolute Gasteiger partial charge is 0.320 e. The highest BCUT2D eigenvalue weighted by molar-refractivity contribution is 5.81. The van der Waals surface area contributed by atoms with Crippen LogP contribution >= 0.6 is 0 Å². The van der Waals surface area contributed by atoms with Gasteiger partial charge in [-0.25, -0.2) is 15.0 Å². The molecule has 1 aliphatic rings. The Kier molecular flexibility index (Phi) is 7.72. The molecule has 2 aromatic rings. The Morgan fingerprint density at radius 3 is 2.24 bits per heavy atom. The number of anilines is 1. The minimum atomic E-state index is -1.33. The molecule has 3 heterocycles. The Balaban J connectivity index is 1.73. The molecular formula is C18H28N8O7. The third kappa shape index (κ3) is 5.52. The minimum Gasteiger partial charge on any atom is -0.480 e. The van der Waals surface area contributed by atoms with Crippen molar-refractivity contribution >= 4 is 28.9 Å². The van der Waals surface area contributed by atoms with E-state index in [0.717, 1.165) is 0 Å². The van der Waals surface area contributed by atoms with Crippen molar-refractivity contribution in [2.24, 2.45) is 11.5 Å². The van der Waals surface area contributed by atoms with Gasteiger partial charge in [0.15, 0.2) is 17.7 Å². The number of fused-ring (bicyclic) bond motifs is 1. The lowest BCUT2D eigenvalue weighted by Gasteiger charge is -2.27. The maximum Gasteiger partial charge on any atom is 0.320 e. The van der Waals surface area contributed by atoms with Crippen LogP contribution in [0.4, 0.5) is 5.82 Å². The van der Waals surface area contributed by atoms with E-state index in [1.807, 2.05) is 0 Å². The van der Waals surface area contributed by atoms with E-state index in [1.54, 1.807) is 4.90 Å². The van der Waals surface area contributed by atoms with Crippen LogP contribution in [0.3, 0.4) is 0 Å². The van der Waals surface area contributed by atoms with Gasteiger partial charge in [0.1, 0.15) is 42.2 Å². The van der Waals surface area contributed by atoms with E-state index in [0.29, 0.717) is 11.2 Å². The zero-order chi connectivity index (χ0) is 24.3. The fourth-order valence-corrected chi connectivity index (χ4v) is 3.61. The van der Waals surface area contributed by atoms with Gasteiger partial charge in [-0.05, 0) is 12.8 Å². The van der Waals surface area contributed by atoms with Crippen LogP contribution in [-0.4, -0.2) is 107 Å². The van der Waals surface area contributed by atoms with E-state index in [4.69, 9.17) is 32.2 Å². The van der Waals surface area contributed by atoms with Crippen molar-refractivity contribution in [3.63, 3.8) is 0 Å². The summed E-state index contributed by atoms with van der Waals surface area (Å²) < 4.78 is 7.34. The molecule has 0 spiro atoms. The number of imidazole rings is 1. The molecule has 33 heavy (non-hydrogen) atoms. The second kappa shape index (κ2) is 10.3. The zero-order valence-corrected chi connectivity index (χ0v) is 17.6. The average molecular weight is 468 g/mol. The summed E-state index contributed by atoms with van der Waals surface area (Å²) in [5.41, 5.74) is 17.6. The number of aliphatic carboxylic acids is 2. The van der Waals surface area contributed by atoms with Gasteiger partial charge in [-0.1, -0.05) is 0 Å². The summed E-state index contributed by atoms with van der Waals surface area (Å²) in [6.45, 7) is 0.437. The number of nitrogens with two attached hydrogens (primary N) is 3. The minimum absolute atomic E-state index is 0.0666. The Morgan fingerprint density at radius 2 is 1.67 bits per heavy atom. The van der Waals surface area contributed by atoms with Gasteiger partial charge in [0.25, 0.3) is 0 Å². The van der Waals surface area contributed by atoms with Gasteiger partial charge in [0.2, 0.25) is 0 Å². The van der Waals surface area contributed by atoms with Crippen molar-refractivity contribution in [3.8, 4) is 0 Å². The Labute approximate surface area is 187 Å². The molecule has 182 valence electrons. The van der Waals surface area contributed by atoms with Gasteiger partial charge >= 0.3 is 11.9 Å². The number of aliphatic hydroxyl groups is 2. The largest absolute Gasteiger partial charge is 0.480 e. The molecule has 0 aromatic carbocycles. The van der Waals surface area contributed by atoms with Crippen molar-refractivity contribution in [3.05, 3.63) is 12.7 Å². The first kappa shape index (κ1) is 24.7. The van der Waals surface area contributed by atoms with E-state index >= 15 is 0 Å². The maximum atomic E-state index is 11.0. The molecule has 0 saturated carbocycles. The van der Waals surface area contributed by atoms with Gasteiger partial charge < -0.3 is 47.3 Å². The molecule has 0 amide bonds. The monoisotopic (exact) mass is 468 g/mol. The Bertz CT molecular complexity index is 964. The molecule has 15 nitrogen and oxygen atoms in total. The quantitative estimate of drug-likeness (QED) is 0.173. The molecule has 10 N–H and O–H groups in total. The normalized spacial score (nSPS) is 24.9. The number of carboxylic acid groups (broad SMARTS) is 2. The number of hydrogen-bond acceptors (Lipinski definition) is 12. The molecule has 6 atom stereocenters. The van der Waals surface area contributed by atoms with Gasteiger partial charge in [-0.2, -0.15) is 0 Å². The SMILES string of the molecule is Nc1ncnc2c1ncn2[C@@H]1O[C@H](CN(CC[C@H](N)C(=O)O)CC[C@H](N)C(=O)O)[C@@H](O)[C@H]1O. The number of aliphatic hydroxyl groups excluding tert-OH is 2. The summed E-state index contributed by atoms with van der Waals surface area (Å²) in [5, 5.41) is 39.3. The van der Waals surface area contributed by atoms with E-state index < -0.39 is 48.6 Å². The first-order valence-corrected chi connectivity index (χ1v) is 10.2. The van der Waals surface area contributed by atoms with Crippen LogP contribution in [0.15, 0.2) is 12.7 Å². The molecule has 3 rings (SSSR count). The lowest BCUT2D eigenvalue weighted by atomic mass is 10.1. The third-order valence-corrected chi connectivity index (χ3v) is 5.58. The van der Waals surface area contributed by atoms with Crippen molar-refractivity contribution in [1.82, 2.24) is 24.4 Å². The Morgan fingerprint density at radius 1 is 1.06 bits per heavy atom. The van der Waals surface area contributed by atoms with Crippen molar-refractivity contribution < 1.29 is 34.8 Å². The summed E-state index contributed by atoms with van der Waals surface area (Å²) in [6, 6.07) is -2.23. The van der Waals surface area contributed by atoms with Crippen LogP contribution in [0, 0.1) is 0 Å². The molecule has 0 aliphatic carbocycles. The fraction of sp³-hybridized carbons (Fsp3) is 0.611. The summed E-state index contributed by atoms with van der Waals surface area (Å²) in [7, 11) is 0. The Hall–Kier alpha value is -2.95. The van der Waals surface area contributed by atoms with Crippen LogP contribution < -0.4 is 17.2 Å². The van der Waals surface area contributed by atoms with E-state index in [1.165, 1.54) is 17.2 Å². The fourth-order valence-electron chi connectivity index (χ4n) is 3.61. The van der Waals surface area contributed by atoms with Crippen molar-refractivity contribution in [2.75, 3.05) is 25.4 Å². The van der Waals surface area contributed by atoms with E-state index in [9.17, 15) is 19.8 Å². The van der Waals surface area contributed by atoms with E-state index in [2.05, 4.69) is 15.0 Å². The first-order chi connectivity index (χ1) is 15.6. The molecule has 15 heteroatoms. The number of hydrogen-bond donors (Lipinski definition) is 7. The van der Waals surface area contributed by atoms with Gasteiger partial charge in [0.05, 0.1) is 6.33 Å². The second-order valence-corrected chi connectivity index (χ2v) is 7.90. The molecule has 0 radical (unpaired) electrons. The summed E-state index contributed by atoms with van der Waals surface area (Å²) >= 11 is 0. The van der Waals surface area contributed by atoms with Crippen molar-refractivity contribution in [2.45, 2.75) is 49.5 Å². The first-order valence-electron chi connectivity index (χ1n) is 10.2. The molecule has 1 saturated heterocycles. The number of nitrogens with zero attached hydrogens (tertiary/aromatic N) is 5. The lowest BCUT2D eigenvalue weighted by Crippen LogP contribution is -2.44. The van der Waals surface area contributed by atoms with E-state index in [-0.39, 0.29) is 38.3 Å².